The molecule has 0 spiro atoms. The lowest BCUT2D eigenvalue weighted by Gasteiger charge is -2.51. The zero-order chi connectivity index (χ0) is 29.0. The highest BCUT2D eigenvalue weighted by Gasteiger charge is 2.47. The van der Waals surface area contributed by atoms with Crippen molar-refractivity contribution in [2.45, 2.75) is 113 Å². The smallest absolute Gasteiger partial charge is 0.0157 e. The maximum atomic E-state index is 4.57. The standard InChI is InChI=1S/C37H58S/c1-13-16-26-37(12,32(7)35(8,9)36(10,11)38-27-17-14-2)28-33(21-15-3)29(4)23-20-24-31(6)34-25-19-18-22-30(34)5/h15-16,18-19,21-22,24-26,28,32H,4,13-14,17,20,23,27H2,1-3,5-12H3/b21-15-,26-16?,31-24+,33-28-. The second-order valence-electron chi connectivity index (χ2n) is 12.3. The number of allylic oxidation sites excluding steroid dienone is 9. The van der Waals surface area contributed by atoms with Gasteiger partial charge in [-0.25, -0.2) is 0 Å². The molecule has 2 atom stereocenters. The van der Waals surface area contributed by atoms with Crippen molar-refractivity contribution in [2.75, 3.05) is 5.75 Å². The third-order valence-corrected chi connectivity index (χ3v) is 10.7. The van der Waals surface area contributed by atoms with Crippen molar-refractivity contribution >= 4 is 17.3 Å². The Labute approximate surface area is 241 Å². The molecule has 0 heterocycles. The molecule has 0 aromatic heterocycles. The van der Waals surface area contributed by atoms with E-state index in [1.165, 1.54) is 46.4 Å². The molecule has 212 valence electrons. The number of thioether (sulfide) groups is 1. The van der Waals surface area contributed by atoms with Crippen molar-refractivity contribution < 1.29 is 0 Å². The van der Waals surface area contributed by atoms with Crippen LogP contribution in [0, 0.1) is 23.7 Å². The van der Waals surface area contributed by atoms with Crippen LogP contribution in [0.5, 0.6) is 0 Å². The molecule has 0 aliphatic carbocycles. The number of unbranched alkanes of at least 4 members (excludes halogenated alkanes) is 1. The molecule has 0 bridgehead atoms. The van der Waals surface area contributed by atoms with E-state index in [0.29, 0.717) is 5.92 Å². The molecule has 0 saturated carbocycles. The van der Waals surface area contributed by atoms with Gasteiger partial charge in [-0.3, -0.25) is 0 Å². The Kier molecular flexibility index (Phi) is 14.2. The van der Waals surface area contributed by atoms with Crippen LogP contribution in [0.15, 0.2) is 78.4 Å². The Morgan fingerprint density at radius 2 is 1.74 bits per heavy atom. The van der Waals surface area contributed by atoms with Gasteiger partial charge in [-0.15, -0.1) is 0 Å². The Morgan fingerprint density at radius 1 is 1.08 bits per heavy atom. The average Bonchev–Trinajstić information content (AvgIpc) is 2.86. The minimum Gasteiger partial charge on any atom is -0.155 e. The Morgan fingerprint density at radius 3 is 2.32 bits per heavy atom. The Balaban J connectivity index is 3.30. The molecule has 0 aliphatic rings. The summed E-state index contributed by atoms with van der Waals surface area (Å²) in [6.45, 7) is 30.4. The van der Waals surface area contributed by atoms with Gasteiger partial charge in [-0.2, -0.15) is 11.8 Å². The van der Waals surface area contributed by atoms with Gasteiger partial charge in [0.25, 0.3) is 0 Å². The normalized spacial score (nSPS) is 16.3. The molecule has 1 rings (SSSR count). The van der Waals surface area contributed by atoms with Crippen molar-refractivity contribution in [3.05, 3.63) is 89.6 Å². The van der Waals surface area contributed by atoms with Crippen LogP contribution in [0.3, 0.4) is 0 Å². The molecular formula is C37H58S. The zero-order valence-electron chi connectivity index (χ0n) is 26.7. The van der Waals surface area contributed by atoms with Gasteiger partial charge in [0.15, 0.2) is 0 Å². The first-order valence-corrected chi connectivity index (χ1v) is 15.8. The first-order valence-electron chi connectivity index (χ1n) is 14.9. The summed E-state index contributed by atoms with van der Waals surface area (Å²) in [5.74, 6) is 1.67. The highest BCUT2D eigenvalue weighted by molar-refractivity contribution is 8.00. The molecular weight excluding hydrogens is 476 g/mol. The van der Waals surface area contributed by atoms with E-state index in [1.54, 1.807) is 0 Å². The summed E-state index contributed by atoms with van der Waals surface area (Å²) in [4.78, 5) is 0. The van der Waals surface area contributed by atoms with E-state index in [0.717, 1.165) is 19.3 Å². The van der Waals surface area contributed by atoms with Crippen molar-refractivity contribution in [3.8, 4) is 0 Å². The van der Waals surface area contributed by atoms with E-state index in [9.17, 15) is 0 Å². The summed E-state index contributed by atoms with van der Waals surface area (Å²) in [5, 5.41) is 0. The first kappa shape index (κ1) is 34.3. The van der Waals surface area contributed by atoms with Crippen LogP contribution in [0.25, 0.3) is 5.57 Å². The summed E-state index contributed by atoms with van der Waals surface area (Å²) in [6, 6.07) is 8.65. The topological polar surface area (TPSA) is 0 Å². The second-order valence-corrected chi connectivity index (χ2v) is 14.0. The quantitative estimate of drug-likeness (QED) is 0.115. The maximum Gasteiger partial charge on any atom is 0.0157 e. The lowest BCUT2D eigenvalue weighted by Crippen LogP contribution is -2.46. The predicted octanol–water partition coefficient (Wildman–Crippen LogP) is 12.2. The van der Waals surface area contributed by atoms with Crippen LogP contribution in [-0.4, -0.2) is 10.5 Å². The van der Waals surface area contributed by atoms with Crippen molar-refractivity contribution in [2.24, 2.45) is 16.7 Å². The van der Waals surface area contributed by atoms with Gasteiger partial charge in [0, 0.05) is 10.2 Å². The van der Waals surface area contributed by atoms with E-state index in [4.69, 9.17) is 0 Å². The lowest BCUT2D eigenvalue weighted by atomic mass is 9.59. The average molecular weight is 535 g/mol. The number of rotatable bonds is 16. The molecule has 0 nitrogen and oxygen atoms in total. The molecule has 38 heavy (non-hydrogen) atoms. The summed E-state index contributed by atoms with van der Waals surface area (Å²) < 4.78 is 0.173. The Hall–Kier alpha value is -1.73. The van der Waals surface area contributed by atoms with Gasteiger partial charge in [0.1, 0.15) is 0 Å². The SMILES string of the molecule is C=C(CC/C=C(\C)c1ccccc1C)C(/C=C\C)=C\C(C)(C=CCC)C(C)C(C)(C)C(C)(C)SCCCC. The van der Waals surface area contributed by atoms with E-state index in [2.05, 4.69) is 155 Å². The van der Waals surface area contributed by atoms with Crippen LogP contribution in [-0.2, 0) is 0 Å². The molecule has 0 amide bonds. The van der Waals surface area contributed by atoms with Gasteiger partial charge < -0.3 is 0 Å². The van der Waals surface area contributed by atoms with Gasteiger partial charge in [0.05, 0.1) is 0 Å². The van der Waals surface area contributed by atoms with Gasteiger partial charge >= 0.3 is 0 Å². The second kappa shape index (κ2) is 15.8. The fourth-order valence-electron chi connectivity index (χ4n) is 5.16. The van der Waals surface area contributed by atoms with Crippen molar-refractivity contribution in [1.82, 2.24) is 0 Å². The third-order valence-electron chi connectivity index (χ3n) is 8.93. The summed E-state index contributed by atoms with van der Waals surface area (Å²) in [6.07, 6.45) is 19.7. The monoisotopic (exact) mass is 534 g/mol. The molecule has 1 aromatic rings. The Bertz CT molecular complexity index is 997. The largest absolute Gasteiger partial charge is 0.155 e. The fraction of sp³-hybridized carbons (Fsp3) is 0.568. The molecule has 1 aromatic carbocycles. The van der Waals surface area contributed by atoms with E-state index >= 15 is 0 Å². The number of benzene rings is 1. The van der Waals surface area contributed by atoms with Crippen LogP contribution in [0.4, 0.5) is 0 Å². The fourth-order valence-corrected chi connectivity index (χ4v) is 6.65. The van der Waals surface area contributed by atoms with E-state index < -0.39 is 0 Å². The van der Waals surface area contributed by atoms with Crippen molar-refractivity contribution in [1.29, 1.82) is 0 Å². The molecule has 0 N–H and O–H groups in total. The number of hydrogen-bond acceptors (Lipinski definition) is 1. The van der Waals surface area contributed by atoms with Crippen LogP contribution in [0.2, 0.25) is 0 Å². The van der Waals surface area contributed by atoms with E-state index in [1.807, 2.05) is 0 Å². The maximum absolute atomic E-state index is 4.57. The molecule has 0 fully saturated rings. The van der Waals surface area contributed by atoms with Gasteiger partial charge in [-0.1, -0.05) is 129 Å². The van der Waals surface area contributed by atoms with Crippen LogP contribution in [0.1, 0.15) is 112 Å². The van der Waals surface area contributed by atoms with Crippen LogP contribution < -0.4 is 0 Å². The van der Waals surface area contributed by atoms with Gasteiger partial charge in [0.2, 0.25) is 0 Å². The highest BCUT2D eigenvalue weighted by atomic mass is 32.2. The summed E-state index contributed by atoms with van der Waals surface area (Å²) >= 11 is 2.14. The van der Waals surface area contributed by atoms with E-state index in [-0.39, 0.29) is 15.6 Å². The molecule has 0 aliphatic heterocycles. The molecule has 0 saturated heterocycles. The zero-order valence-corrected chi connectivity index (χ0v) is 27.5. The van der Waals surface area contributed by atoms with Crippen LogP contribution >= 0.6 is 11.8 Å². The molecule has 1 heteroatoms. The summed E-state index contributed by atoms with van der Waals surface area (Å²) in [5.41, 5.74) is 6.57. The predicted molar refractivity (Wildman–Crippen MR) is 178 cm³/mol. The minimum absolute atomic E-state index is 0.0766. The number of aryl methyl sites for hydroxylation is 1. The molecule has 2 unspecified atom stereocenters. The first-order chi connectivity index (χ1) is 17.8. The minimum atomic E-state index is -0.0766. The highest BCUT2D eigenvalue weighted by Crippen LogP contribution is 2.53. The van der Waals surface area contributed by atoms with Gasteiger partial charge in [-0.05, 0) is 91.4 Å². The molecule has 0 radical (unpaired) electrons. The third kappa shape index (κ3) is 9.48. The van der Waals surface area contributed by atoms with Crippen molar-refractivity contribution in [3.63, 3.8) is 0 Å². The summed E-state index contributed by atoms with van der Waals surface area (Å²) in [7, 11) is 0. The lowest BCUT2D eigenvalue weighted by molar-refractivity contribution is 0.109. The number of hydrogen-bond donors (Lipinski definition) is 0.